The molecule has 1 aromatic carbocycles. The molecule has 1 aromatic rings. The summed E-state index contributed by atoms with van der Waals surface area (Å²) in [5.74, 6) is -1.16. The Morgan fingerprint density at radius 2 is 2.19 bits per heavy atom. The molecule has 1 saturated heterocycles. The molecule has 0 spiro atoms. The molecular formula is C14H18N2O5. The van der Waals surface area contributed by atoms with Gasteiger partial charge in [0.05, 0.1) is 25.4 Å². The van der Waals surface area contributed by atoms with Crippen LogP contribution in [0, 0.1) is 0 Å². The van der Waals surface area contributed by atoms with E-state index >= 15 is 0 Å². The van der Waals surface area contributed by atoms with Gasteiger partial charge in [-0.15, -0.1) is 0 Å². The van der Waals surface area contributed by atoms with Crippen LogP contribution < -0.4 is 10.6 Å². The number of carbonyl (C=O) groups excluding carboxylic acids is 2. The van der Waals surface area contributed by atoms with Crippen molar-refractivity contribution in [3.8, 4) is 5.75 Å². The average molecular weight is 294 g/mol. The van der Waals surface area contributed by atoms with E-state index in [4.69, 9.17) is 4.74 Å². The van der Waals surface area contributed by atoms with Gasteiger partial charge in [-0.05, 0) is 18.2 Å². The predicted octanol–water partition coefficient (Wildman–Crippen LogP) is -0.103. The van der Waals surface area contributed by atoms with Gasteiger partial charge in [0.2, 0.25) is 0 Å². The minimum atomic E-state index is -0.611. The van der Waals surface area contributed by atoms with Gasteiger partial charge in [-0.2, -0.15) is 0 Å². The van der Waals surface area contributed by atoms with Crippen molar-refractivity contribution in [1.82, 2.24) is 10.6 Å². The minimum absolute atomic E-state index is 0.0833. The molecular weight excluding hydrogens is 276 g/mol. The maximum Gasteiger partial charge on any atom is 0.338 e. The molecule has 0 saturated carbocycles. The molecule has 7 heteroatoms. The van der Waals surface area contributed by atoms with E-state index in [2.05, 4.69) is 15.4 Å². The van der Waals surface area contributed by atoms with E-state index in [1.807, 2.05) is 0 Å². The zero-order valence-corrected chi connectivity index (χ0v) is 11.7. The first-order valence-electron chi connectivity index (χ1n) is 6.63. The van der Waals surface area contributed by atoms with E-state index in [-0.39, 0.29) is 28.9 Å². The van der Waals surface area contributed by atoms with E-state index in [0.29, 0.717) is 19.7 Å². The molecule has 2 rings (SSSR count). The van der Waals surface area contributed by atoms with Gasteiger partial charge in [0.15, 0.2) is 0 Å². The Morgan fingerprint density at radius 3 is 2.86 bits per heavy atom. The third-order valence-corrected chi connectivity index (χ3v) is 3.10. The van der Waals surface area contributed by atoms with E-state index in [1.54, 1.807) is 0 Å². The average Bonchev–Trinajstić information content (AvgIpc) is 2.52. The maximum absolute atomic E-state index is 12.1. The number of phenols is 1. The van der Waals surface area contributed by atoms with Crippen molar-refractivity contribution in [3.63, 3.8) is 0 Å². The number of carbonyl (C=O) groups is 2. The van der Waals surface area contributed by atoms with Crippen LogP contribution in [0.5, 0.6) is 5.75 Å². The summed E-state index contributed by atoms with van der Waals surface area (Å²) in [4.78, 5) is 23.5. The van der Waals surface area contributed by atoms with Crippen LogP contribution in [0.1, 0.15) is 20.7 Å². The Kier molecular flexibility index (Phi) is 5.13. The van der Waals surface area contributed by atoms with Gasteiger partial charge in [0.25, 0.3) is 5.91 Å². The van der Waals surface area contributed by atoms with Gasteiger partial charge in [-0.3, -0.25) is 4.79 Å². The first kappa shape index (κ1) is 15.3. The fourth-order valence-corrected chi connectivity index (χ4v) is 2.04. The largest absolute Gasteiger partial charge is 0.508 e. The zero-order chi connectivity index (χ0) is 15.2. The highest BCUT2D eigenvalue weighted by Crippen LogP contribution is 2.16. The number of rotatable bonds is 4. The molecule has 1 atom stereocenters. The summed E-state index contributed by atoms with van der Waals surface area (Å²) in [7, 11) is 1.24. The Hall–Kier alpha value is -2.12. The molecule has 114 valence electrons. The Morgan fingerprint density at radius 1 is 1.43 bits per heavy atom. The predicted molar refractivity (Wildman–Crippen MR) is 74.4 cm³/mol. The Bertz CT molecular complexity index is 526. The normalized spacial score (nSPS) is 18.0. The first-order valence-corrected chi connectivity index (χ1v) is 6.63. The van der Waals surface area contributed by atoms with Crippen molar-refractivity contribution in [2.75, 3.05) is 33.4 Å². The lowest BCUT2D eigenvalue weighted by Crippen LogP contribution is -2.45. The SMILES string of the molecule is COC(=O)c1cc(O)cc(C(=O)NC[C@@H]2CNCCO2)c1. The summed E-state index contributed by atoms with van der Waals surface area (Å²) in [6.07, 6.45) is -0.0833. The van der Waals surface area contributed by atoms with Crippen LogP contribution in [0.15, 0.2) is 18.2 Å². The number of benzene rings is 1. The van der Waals surface area contributed by atoms with Crippen LogP contribution in [0.4, 0.5) is 0 Å². The molecule has 1 aliphatic rings. The second kappa shape index (κ2) is 7.05. The van der Waals surface area contributed by atoms with Crippen molar-refractivity contribution in [1.29, 1.82) is 0 Å². The molecule has 0 aliphatic carbocycles. The standard InChI is InChI=1S/C14H18N2O5/c1-20-14(19)10-4-9(5-11(17)6-10)13(18)16-8-12-7-15-2-3-21-12/h4-6,12,15,17H,2-3,7-8H2,1H3,(H,16,18)/t12-/m0/s1. The Balaban J connectivity index is 2.01. The summed E-state index contributed by atoms with van der Waals surface area (Å²) < 4.78 is 10.0. The molecule has 1 amide bonds. The summed E-state index contributed by atoms with van der Waals surface area (Å²) in [5, 5.41) is 15.5. The van der Waals surface area contributed by atoms with Crippen molar-refractivity contribution in [2.24, 2.45) is 0 Å². The van der Waals surface area contributed by atoms with E-state index < -0.39 is 5.97 Å². The van der Waals surface area contributed by atoms with Crippen LogP contribution in [-0.4, -0.2) is 56.4 Å². The van der Waals surface area contributed by atoms with E-state index in [1.165, 1.54) is 25.3 Å². The molecule has 3 N–H and O–H groups in total. The molecule has 0 unspecified atom stereocenters. The molecule has 1 fully saturated rings. The molecule has 7 nitrogen and oxygen atoms in total. The Labute approximate surface area is 122 Å². The number of nitrogens with one attached hydrogen (secondary N) is 2. The van der Waals surface area contributed by atoms with Gasteiger partial charge in [0, 0.05) is 25.2 Å². The second-order valence-electron chi connectivity index (χ2n) is 4.67. The number of hydrogen-bond donors (Lipinski definition) is 3. The van der Waals surface area contributed by atoms with Gasteiger partial charge in [0.1, 0.15) is 5.75 Å². The summed E-state index contributed by atoms with van der Waals surface area (Å²) in [6, 6.07) is 3.92. The highest BCUT2D eigenvalue weighted by atomic mass is 16.5. The maximum atomic E-state index is 12.1. The van der Waals surface area contributed by atoms with Gasteiger partial charge < -0.3 is 25.2 Å². The monoisotopic (exact) mass is 294 g/mol. The number of amides is 1. The van der Waals surface area contributed by atoms with E-state index in [9.17, 15) is 14.7 Å². The van der Waals surface area contributed by atoms with Crippen molar-refractivity contribution in [2.45, 2.75) is 6.10 Å². The lowest BCUT2D eigenvalue weighted by Gasteiger charge is -2.23. The van der Waals surface area contributed by atoms with Crippen molar-refractivity contribution < 1.29 is 24.2 Å². The summed E-state index contributed by atoms with van der Waals surface area (Å²) >= 11 is 0. The third-order valence-electron chi connectivity index (χ3n) is 3.10. The summed E-state index contributed by atoms with van der Waals surface area (Å²) in [6.45, 7) is 2.45. The fourth-order valence-electron chi connectivity index (χ4n) is 2.04. The minimum Gasteiger partial charge on any atom is -0.508 e. The number of ether oxygens (including phenoxy) is 2. The molecule has 1 heterocycles. The lowest BCUT2D eigenvalue weighted by atomic mass is 10.1. The molecule has 1 aliphatic heterocycles. The highest BCUT2D eigenvalue weighted by molar-refractivity contribution is 5.98. The van der Waals surface area contributed by atoms with Crippen LogP contribution in [0.25, 0.3) is 0 Å². The van der Waals surface area contributed by atoms with Gasteiger partial charge >= 0.3 is 5.97 Å². The number of esters is 1. The van der Waals surface area contributed by atoms with Crippen molar-refractivity contribution >= 4 is 11.9 Å². The van der Waals surface area contributed by atoms with Crippen LogP contribution >= 0.6 is 0 Å². The number of methoxy groups -OCH3 is 1. The van der Waals surface area contributed by atoms with Gasteiger partial charge in [-0.25, -0.2) is 4.79 Å². The molecule has 0 aromatic heterocycles. The summed E-state index contributed by atoms with van der Waals surface area (Å²) in [5.41, 5.74) is 0.317. The zero-order valence-electron chi connectivity index (χ0n) is 11.7. The third kappa shape index (κ3) is 4.17. The fraction of sp³-hybridized carbons (Fsp3) is 0.429. The van der Waals surface area contributed by atoms with Crippen LogP contribution in [-0.2, 0) is 9.47 Å². The molecule has 21 heavy (non-hydrogen) atoms. The number of aromatic hydroxyl groups is 1. The first-order chi connectivity index (χ1) is 10.1. The van der Waals surface area contributed by atoms with Crippen LogP contribution in [0.2, 0.25) is 0 Å². The molecule has 0 bridgehead atoms. The number of morpholine rings is 1. The quantitative estimate of drug-likeness (QED) is 0.671. The second-order valence-corrected chi connectivity index (χ2v) is 4.67. The van der Waals surface area contributed by atoms with Crippen LogP contribution in [0.3, 0.4) is 0 Å². The van der Waals surface area contributed by atoms with Crippen molar-refractivity contribution in [3.05, 3.63) is 29.3 Å². The smallest absolute Gasteiger partial charge is 0.338 e. The van der Waals surface area contributed by atoms with Gasteiger partial charge in [-0.1, -0.05) is 0 Å². The van der Waals surface area contributed by atoms with E-state index in [0.717, 1.165) is 6.54 Å². The topological polar surface area (TPSA) is 96.9 Å². The number of hydrogen-bond acceptors (Lipinski definition) is 6. The molecule has 0 radical (unpaired) electrons. The lowest BCUT2D eigenvalue weighted by molar-refractivity contribution is 0.0287. The number of phenolic OH excluding ortho intramolecular Hbond substituents is 1. The highest BCUT2D eigenvalue weighted by Gasteiger charge is 2.17.